The number of rotatable bonds is 4. The molecule has 6 heteroatoms. The molecule has 142 valence electrons. The second-order valence-corrected chi connectivity index (χ2v) is 11.4. The molecule has 0 fully saturated rings. The highest BCUT2D eigenvalue weighted by Crippen LogP contribution is 2.43. The van der Waals surface area contributed by atoms with Crippen molar-refractivity contribution < 1.29 is 9.59 Å². The number of Topliss-reactive ketones (excluding diaryl/α,β-unsaturated/α-hetero) is 2. The Labute approximate surface area is 183 Å². The summed E-state index contributed by atoms with van der Waals surface area (Å²) in [6.07, 6.45) is 0.708. The van der Waals surface area contributed by atoms with Crippen molar-refractivity contribution in [3.8, 4) is 0 Å². The van der Waals surface area contributed by atoms with Gasteiger partial charge in [-0.2, -0.15) is 0 Å². The Kier molecular flexibility index (Phi) is 4.17. The summed E-state index contributed by atoms with van der Waals surface area (Å²) in [4.78, 5) is 27.7. The third-order valence-electron chi connectivity index (χ3n) is 5.46. The van der Waals surface area contributed by atoms with Crippen LogP contribution in [0.2, 0.25) is 0 Å². The van der Waals surface area contributed by atoms with Crippen molar-refractivity contribution in [3.63, 3.8) is 0 Å². The van der Waals surface area contributed by atoms with Gasteiger partial charge in [-0.05, 0) is 70.6 Å². The van der Waals surface area contributed by atoms with Gasteiger partial charge in [-0.1, -0.05) is 0 Å². The van der Waals surface area contributed by atoms with Gasteiger partial charge in [0.15, 0.2) is 11.6 Å². The summed E-state index contributed by atoms with van der Waals surface area (Å²) in [6, 6.07) is 14.6. The molecule has 6 rings (SSSR count). The molecular weight excluding hydrogens is 437 g/mol. The highest BCUT2D eigenvalue weighted by atomic mass is 32.2. The van der Waals surface area contributed by atoms with Gasteiger partial charge in [-0.3, -0.25) is 9.59 Å². The van der Waals surface area contributed by atoms with E-state index in [1.807, 2.05) is 6.07 Å². The van der Waals surface area contributed by atoms with E-state index < -0.39 is 0 Å². The van der Waals surface area contributed by atoms with Crippen LogP contribution >= 0.6 is 45.8 Å². The molecule has 29 heavy (non-hydrogen) atoms. The van der Waals surface area contributed by atoms with E-state index >= 15 is 0 Å². The van der Waals surface area contributed by atoms with Crippen LogP contribution in [0, 0.1) is 0 Å². The monoisotopic (exact) mass is 450 g/mol. The highest BCUT2D eigenvalue weighted by molar-refractivity contribution is 8.01. The molecule has 1 atom stereocenters. The fraction of sp³-hybridized carbons (Fsp3) is 0.130. The van der Waals surface area contributed by atoms with Crippen LogP contribution in [-0.4, -0.2) is 16.8 Å². The van der Waals surface area contributed by atoms with E-state index in [1.165, 1.54) is 42.0 Å². The maximum atomic E-state index is 12.9. The SMILES string of the molecule is O=C(CC(=O)C1Cc2c(ccc3sccc23)S1)c1cc2c(ccc3sccc32)s1. The van der Waals surface area contributed by atoms with Crippen LogP contribution in [-0.2, 0) is 11.2 Å². The normalized spacial score (nSPS) is 16.1. The maximum Gasteiger partial charge on any atom is 0.180 e. The first-order valence-corrected chi connectivity index (χ1v) is 12.7. The second-order valence-electron chi connectivity index (χ2n) is 7.17. The predicted octanol–water partition coefficient (Wildman–Crippen LogP) is 7.19. The second kappa shape index (κ2) is 6.77. The lowest BCUT2D eigenvalue weighted by atomic mass is 10.0. The molecule has 0 bridgehead atoms. The Morgan fingerprint density at radius 1 is 0.862 bits per heavy atom. The molecule has 4 heterocycles. The first kappa shape index (κ1) is 17.8. The van der Waals surface area contributed by atoms with E-state index in [0.29, 0.717) is 4.88 Å². The molecule has 5 aromatic rings. The van der Waals surface area contributed by atoms with E-state index in [-0.39, 0.29) is 23.2 Å². The molecule has 2 nitrogen and oxygen atoms in total. The van der Waals surface area contributed by atoms with E-state index in [1.54, 1.807) is 34.4 Å². The zero-order valence-electron chi connectivity index (χ0n) is 15.1. The van der Waals surface area contributed by atoms with E-state index in [2.05, 4.69) is 47.2 Å². The van der Waals surface area contributed by atoms with Crippen molar-refractivity contribution >= 4 is 87.6 Å². The summed E-state index contributed by atoms with van der Waals surface area (Å²) in [5.74, 6) is -0.0190. The molecule has 0 amide bonds. The standard InChI is InChI=1S/C23H14O2S4/c24-16(22-9-14-12-5-7-26-18(12)1-3-20(14)28-22)11-17(25)23-10-15-13-6-8-27-19(13)2-4-21(15)29-23/h1-9,23H,10-11H2. The van der Waals surface area contributed by atoms with Gasteiger partial charge in [0.25, 0.3) is 0 Å². The molecule has 3 aromatic heterocycles. The van der Waals surface area contributed by atoms with Crippen LogP contribution in [0.5, 0.6) is 0 Å². The minimum Gasteiger partial charge on any atom is -0.298 e. The summed E-state index contributed by atoms with van der Waals surface area (Å²) in [5.41, 5.74) is 1.27. The number of thiophene rings is 3. The first-order valence-electron chi connectivity index (χ1n) is 9.29. The van der Waals surface area contributed by atoms with Crippen molar-refractivity contribution in [3.05, 3.63) is 63.7 Å². The molecular formula is C23H14O2S4. The van der Waals surface area contributed by atoms with Gasteiger partial charge in [0.2, 0.25) is 0 Å². The van der Waals surface area contributed by atoms with Crippen molar-refractivity contribution in [2.24, 2.45) is 0 Å². The van der Waals surface area contributed by atoms with Crippen molar-refractivity contribution in [2.45, 2.75) is 23.0 Å². The van der Waals surface area contributed by atoms with E-state index in [9.17, 15) is 9.59 Å². The molecule has 0 saturated heterocycles. The molecule has 0 saturated carbocycles. The molecule has 0 aliphatic carbocycles. The van der Waals surface area contributed by atoms with Crippen molar-refractivity contribution in [2.75, 3.05) is 0 Å². The van der Waals surface area contributed by atoms with Crippen LogP contribution in [0.1, 0.15) is 21.7 Å². The topological polar surface area (TPSA) is 34.1 Å². The third-order valence-corrected chi connectivity index (χ3v) is 9.72. The first-order chi connectivity index (χ1) is 14.2. The molecule has 1 unspecified atom stereocenters. The zero-order chi connectivity index (χ0) is 19.5. The van der Waals surface area contributed by atoms with Gasteiger partial charge in [0.1, 0.15) is 0 Å². The Bertz CT molecular complexity index is 1440. The summed E-state index contributed by atoms with van der Waals surface area (Å²) < 4.78 is 3.60. The summed E-state index contributed by atoms with van der Waals surface area (Å²) in [6.45, 7) is 0. The van der Waals surface area contributed by atoms with Crippen LogP contribution < -0.4 is 0 Å². The predicted molar refractivity (Wildman–Crippen MR) is 126 cm³/mol. The van der Waals surface area contributed by atoms with Crippen LogP contribution in [0.4, 0.5) is 0 Å². The number of carbonyl (C=O) groups excluding carboxylic acids is 2. The Morgan fingerprint density at radius 2 is 1.59 bits per heavy atom. The number of benzene rings is 2. The molecule has 2 aromatic carbocycles. The average molecular weight is 451 g/mol. The Morgan fingerprint density at radius 3 is 2.45 bits per heavy atom. The van der Waals surface area contributed by atoms with Gasteiger partial charge >= 0.3 is 0 Å². The number of thioether (sulfide) groups is 1. The molecule has 0 N–H and O–H groups in total. The van der Waals surface area contributed by atoms with Crippen LogP contribution in [0.15, 0.2) is 58.1 Å². The Balaban J connectivity index is 1.25. The highest BCUT2D eigenvalue weighted by Gasteiger charge is 2.31. The van der Waals surface area contributed by atoms with Gasteiger partial charge in [0, 0.05) is 29.8 Å². The molecule has 0 radical (unpaired) electrons. The number of fused-ring (bicyclic) bond motifs is 6. The minimum atomic E-state index is -0.155. The fourth-order valence-electron chi connectivity index (χ4n) is 4.02. The lowest BCUT2D eigenvalue weighted by Gasteiger charge is -2.05. The van der Waals surface area contributed by atoms with Crippen molar-refractivity contribution in [1.82, 2.24) is 0 Å². The fourth-order valence-corrected chi connectivity index (χ4v) is 7.91. The van der Waals surface area contributed by atoms with Gasteiger partial charge in [0.05, 0.1) is 16.5 Å². The lowest BCUT2D eigenvalue weighted by molar-refractivity contribution is -0.117. The van der Waals surface area contributed by atoms with E-state index in [0.717, 1.165) is 16.5 Å². The van der Waals surface area contributed by atoms with Crippen LogP contribution in [0.3, 0.4) is 0 Å². The zero-order valence-corrected chi connectivity index (χ0v) is 18.4. The minimum absolute atomic E-state index is 0.0158. The number of hydrogen-bond acceptors (Lipinski definition) is 6. The quantitative estimate of drug-likeness (QED) is 0.215. The van der Waals surface area contributed by atoms with Gasteiger partial charge < -0.3 is 0 Å². The Hall–Kier alpha value is -1.99. The average Bonchev–Trinajstić information content (AvgIpc) is 3.50. The molecule has 1 aliphatic heterocycles. The number of carbonyl (C=O) groups is 2. The van der Waals surface area contributed by atoms with Crippen LogP contribution in [0.25, 0.3) is 30.3 Å². The summed E-state index contributed by atoms with van der Waals surface area (Å²) >= 11 is 6.55. The number of hydrogen-bond donors (Lipinski definition) is 0. The summed E-state index contributed by atoms with van der Waals surface area (Å²) in [7, 11) is 0. The lowest BCUT2D eigenvalue weighted by Crippen LogP contribution is -2.19. The number of ketones is 2. The molecule has 0 spiro atoms. The van der Waals surface area contributed by atoms with E-state index in [4.69, 9.17) is 0 Å². The smallest absolute Gasteiger partial charge is 0.180 e. The van der Waals surface area contributed by atoms with Gasteiger partial charge in [-0.25, -0.2) is 0 Å². The van der Waals surface area contributed by atoms with Gasteiger partial charge in [-0.15, -0.1) is 45.8 Å². The van der Waals surface area contributed by atoms with Crippen molar-refractivity contribution in [1.29, 1.82) is 0 Å². The largest absolute Gasteiger partial charge is 0.298 e. The molecule has 1 aliphatic rings. The summed E-state index contributed by atoms with van der Waals surface area (Å²) in [5, 5.41) is 7.58. The maximum absolute atomic E-state index is 12.9. The third kappa shape index (κ3) is 2.89.